The normalized spacial score (nSPS) is 15.2. The number of carbonyl (C=O) groups is 1. The number of aryl methyl sites for hydroxylation is 2. The summed E-state index contributed by atoms with van der Waals surface area (Å²) in [5, 5.41) is 9.65. The topological polar surface area (TPSA) is 67.2 Å². The fraction of sp³-hybridized carbons (Fsp3) is 0.412. The molecule has 2 heterocycles. The van der Waals surface area contributed by atoms with Gasteiger partial charge in [0.2, 0.25) is 0 Å². The highest BCUT2D eigenvalue weighted by Gasteiger charge is 2.17. The van der Waals surface area contributed by atoms with Crippen LogP contribution in [0.2, 0.25) is 0 Å². The maximum atomic E-state index is 12.1. The fourth-order valence-corrected chi connectivity index (χ4v) is 5.41. The van der Waals surface area contributed by atoms with Gasteiger partial charge in [0.1, 0.15) is 5.76 Å². The molecule has 1 aromatic carbocycles. The molecule has 1 fully saturated rings. The largest absolute Gasteiger partial charge is 0.361 e. The molecule has 0 saturated carbocycles. The number of aromatic nitrogens is 1. The van der Waals surface area contributed by atoms with Crippen LogP contribution in [0.4, 0.5) is 10.5 Å². The first-order valence-electron chi connectivity index (χ1n) is 7.93. The van der Waals surface area contributed by atoms with Crippen molar-refractivity contribution in [2.45, 2.75) is 31.4 Å². The molecule has 0 unspecified atom stereocenters. The Labute approximate surface area is 150 Å². The average Bonchev–Trinajstić information content (AvgIpc) is 2.92. The van der Waals surface area contributed by atoms with E-state index in [1.807, 2.05) is 49.5 Å². The van der Waals surface area contributed by atoms with Crippen molar-refractivity contribution in [3.63, 3.8) is 0 Å². The molecular formula is C17H21N3O2S2. The maximum absolute atomic E-state index is 12.1. The van der Waals surface area contributed by atoms with E-state index in [-0.39, 0.29) is 6.03 Å². The van der Waals surface area contributed by atoms with Crippen LogP contribution in [0, 0.1) is 13.8 Å². The van der Waals surface area contributed by atoms with E-state index in [0.717, 1.165) is 22.7 Å². The Bertz CT molecular complexity index is 692. The van der Waals surface area contributed by atoms with Gasteiger partial charge in [-0.2, -0.15) is 0 Å². The van der Waals surface area contributed by atoms with Crippen LogP contribution in [0.25, 0.3) is 0 Å². The van der Waals surface area contributed by atoms with Gasteiger partial charge >= 0.3 is 6.03 Å². The third-order valence-corrected chi connectivity index (χ3v) is 6.87. The quantitative estimate of drug-likeness (QED) is 0.838. The Morgan fingerprint density at radius 2 is 2.12 bits per heavy atom. The van der Waals surface area contributed by atoms with E-state index in [2.05, 4.69) is 27.9 Å². The number of rotatable bonds is 4. The molecular weight excluding hydrogens is 342 g/mol. The van der Waals surface area contributed by atoms with Crippen molar-refractivity contribution < 1.29 is 9.32 Å². The maximum Gasteiger partial charge on any atom is 0.319 e. The summed E-state index contributed by atoms with van der Waals surface area (Å²) in [5.74, 6) is 3.14. The van der Waals surface area contributed by atoms with E-state index >= 15 is 0 Å². The molecule has 1 saturated heterocycles. The third-order valence-electron chi connectivity index (χ3n) is 3.85. The molecule has 2 amide bonds. The number of hydrogen-bond acceptors (Lipinski definition) is 5. The first-order valence-corrected chi connectivity index (χ1v) is 10.0. The number of amides is 2. The van der Waals surface area contributed by atoms with E-state index in [9.17, 15) is 4.79 Å². The highest BCUT2D eigenvalue weighted by molar-refractivity contribution is 8.16. The molecule has 0 bridgehead atoms. The average molecular weight is 364 g/mol. The smallest absolute Gasteiger partial charge is 0.319 e. The monoisotopic (exact) mass is 363 g/mol. The van der Waals surface area contributed by atoms with Crippen LogP contribution in [0.5, 0.6) is 0 Å². The van der Waals surface area contributed by atoms with E-state index in [4.69, 9.17) is 4.52 Å². The molecule has 7 heteroatoms. The van der Waals surface area contributed by atoms with Gasteiger partial charge in [-0.1, -0.05) is 17.3 Å². The van der Waals surface area contributed by atoms with Gasteiger partial charge in [0.15, 0.2) is 0 Å². The van der Waals surface area contributed by atoms with E-state index < -0.39 is 0 Å². The molecule has 1 aromatic heterocycles. The second-order valence-corrected chi connectivity index (χ2v) is 8.39. The Hall–Kier alpha value is -1.60. The summed E-state index contributed by atoms with van der Waals surface area (Å²) in [6.07, 6.45) is 1.27. The van der Waals surface area contributed by atoms with Gasteiger partial charge in [-0.05, 0) is 49.5 Å². The lowest BCUT2D eigenvalue weighted by Gasteiger charge is -2.21. The predicted octanol–water partition coefficient (Wildman–Crippen LogP) is 4.48. The molecule has 0 radical (unpaired) electrons. The zero-order valence-corrected chi connectivity index (χ0v) is 15.4. The molecule has 0 aliphatic carbocycles. The highest BCUT2D eigenvalue weighted by Crippen LogP contribution is 2.43. The van der Waals surface area contributed by atoms with Crippen molar-refractivity contribution in [2.24, 2.45) is 0 Å². The molecule has 24 heavy (non-hydrogen) atoms. The molecule has 5 nitrogen and oxygen atoms in total. The van der Waals surface area contributed by atoms with Crippen LogP contribution >= 0.6 is 23.5 Å². The molecule has 1 aliphatic heterocycles. The van der Waals surface area contributed by atoms with Gasteiger partial charge in [0.05, 0.1) is 10.3 Å². The number of thioether (sulfide) groups is 2. The summed E-state index contributed by atoms with van der Waals surface area (Å²) in [7, 11) is 0. The van der Waals surface area contributed by atoms with E-state index in [0.29, 0.717) is 11.1 Å². The third kappa shape index (κ3) is 4.27. The van der Waals surface area contributed by atoms with Crippen LogP contribution in [-0.4, -0.2) is 22.7 Å². The molecule has 2 aromatic rings. The van der Waals surface area contributed by atoms with Gasteiger partial charge < -0.3 is 15.2 Å². The lowest BCUT2D eigenvalue weighted by atomic mass is 10.2. The summed E-state index contributed by atoms with van der Waals surface area (Å²) in [4.78, 5) is 12.1. The number of urea groups is 1. The van der Waals surface area contributed by atoms with Crippen molar-refractivity contribution >= 4 is 35.2 Å². The molecule has 3 rings (SSSR count). The predicted molar refractivity (Wildman–Crippen MR) is 101 cm³/mol. The zero-order valence-electron chi connectivity index (χ0n) is 13.8. The van der Waals surface area contributed by atoms with Crippen molar-refractivity contribution in [3.05, 3.63) is 46.8 Å². The lowest BCUT2D eigenvalue weighted by Crippen LogP contribution is -2.28. The Kier molecular flexibility index (Phi) is 5.73. The first kappa shape index (κ1) is 17.2. The zero-order chi connectivity index (χ0) is 16.9. The van der Waals surface area contributed by atoms with Gasteiger partial charge in [0, 0.05) is 17.8 Å². The molecule has 0 spiro atoms. The SMILES string of the molecule is Cc1noc(C)c1CNC(=O)Nc1cccc(C2SCCCS2)c1. The van der Waals surface area contributed by atoms with Crippen molar-refractivity contribution in [1.82, 2.24) is 10.5 Å². The Balaban J connectivity index is 1.58. The number of anilines is 1. The van der Waals surface area contributed by atoms with Crippen molar-refractivity contribution in [3.8, 4) is 0 Å². The highest BCUT2D eigenvalue weighted by atomic mass is 32.2. The van der Waals surface area contributed by atoms with Crippen LogP contribution in [0.15, 0.2) is 28.8 Å². The van der Waals surface area contributed by atoms with Crippen molar-refractivity contribution in [2.75, 3.05) is 16.8 Å². The van der Waals surface area contributed by atoms with Crippen LogP contribution in [0.1, 0.15) is 33.6 Å². The first-order chi connectivity index (χ1) is 11.6. The van der Waals surface area contributed by atoms with E-state index in [1.165, 1.54) is 23.5 Å². The van der Waals surface area contributed by atoms with Crippen LogP contribution in [-0.2, 0) is 6.54 Å². The van der Waals surface area contributed by atoms with Gasteiger partial charge in [-0.25, -0.2) is 4.79 Å². The second-order valence-electron chi connectivity index (χ2n) is 5.66. The van der Waals surface area contributed by atoms with Crippen LogP contribution in [0.3, 0.4) is 0 Å². The summed E-state index contributed by atoms with van der Waals surface area (Å²) >= 11 is 3.95. The van der Waals surface area contributed by atoms with Crippen molar-refractivity contribution in [1.29, 1.82) is 0 Å². The van der Waals surface area contributed by atoms with Crippen LogP contribution < -0.4 is 10.6 Å². The lowest BCUT2D eigenvalue weighted by molar-refractivity contribution is 0.251. The summed E-state index contributed by atoms with van der Waals surface area (Å²) < 4.78 is 5.57. The van der Waals surface area contributed by atoms with Gasteiger partial charge in [-0.15, -0.1) is 23.5 Å². The van der Waals surface area contributed by atoms with Gasteiger partial charge in [0.25, 0.3) is 0 Å². The molecule has 0 atom stereocenters. The molecule has 1 aliphatic rings. The number of benzene rings is 1. The minimum absolute atomic E-state index is 0.226. The second kappa shape index (κ2) is 7.98. The number of nitrogens with zero attached hydrogens (tertiary/aromatic N) is 1. The number of hydrogen-bond donors (Lipinski definition) is 2. The Morgan fingerprint density at radius 3 is 2.83 bits per heavy atom. The molecule has 2 N–H and O–H groups in total. The van der Waals surface area contributed by atoms with E-state index in [1.54, 1.807) is 0 Å². The number of carbonyl (C=O) groups excluding carboxylic acids is 1. The standard InChI is InChI=1S/C17H21N3O2S2/c1-11-15(12(2)22-20-11)10-18-17(21)19-14-6-3-5-13(9-14)16-23-7-4-8-24-16/h3,5-6,9,16H,4,7-8,10H2,1-2H3,(H2,18,19,21). The fourth-order valence-electron chi connectivity index (χ4n) is 2.54. The summed E-state index contributed by atoms with van der Waals surface area (Å²) in [6.45, 7) is 4.12. The summed E-state index contributed by atoms with van der Waals surface area (Å²) in [5.41, 5.74) is 3.80. The summed E-state index contributed by atoms with van der Waals surface area (Å²) in [6, 6.07) is 7.87. The van der Waals surface area contributed by atoms with Gasteiger partial charge in [-0.3, -0.25) is 0 Å². The molecule has 128 valence electrons. The minimum atomic E-state index is -0.226. The number of nitrogens with one attached hydrogen (secondary N) is 2. The minimum Gasteiger partial charge on any atom is -0.361 e. The Morgan fingerprint density at radius 1 is 1.33 bits per heavy atom.